The van der Waals surface area contributed by atoms with Gasteiger partial charge in [-0.25, -0.2) is 0 Å². The zero-order valence-corrected chi connectivity index (χ0v) is 8.79. The van der Waals surface area contributed by atoms with Crippen molar-refractivity contribution in [3.05, 3.63) is 34.9 Å². The molecule has 0 radical (unpaired) electrons. The van der Waals surface area contributed by atoms with Gasteiger partial charge in [-0.05, 0) is 19.1 Å². The first kappa shape index (κ1) is 11.0. The Hall–Kier alpha value is -1.06. The number of hydrogen-bond donors (Lipinski definition) is 2. The predicted molar refractivity (Wildman–Crippen MR) is 55.9 cm³/mol. The summed E-state index contributed by atoms with van der Waals surface area (Å²) in [7, 11) is 0. The first-order chi connectivity index (χ1) is 6.59. The van der Waals surface area contributed by atoms with Gasteiger partial charge >= 0.3 is 0 Å². The zero-order chi connectivity index (χ0) is 10.6. The molecule has 0 saturated carbocycles. The van der Waals surface area contributed by atoms with E-state index in [0.29, 0.717) is 6.54 Å². The molecule has 0 aliphatic carbocycles. The Kier molecular flexibility index (Phi) is 3.92. The molecule has 1 rings (SSSR count). The standard InChI is InChI=1S/C10H13ClN2O/c1-7(13-6-10(12)14)8-2-4-9(11)5-3-8/h2-5,7,13H,6H2,1H3,(H2,12,14)/p+1/t7-/m0/s1. The highest BCUT2D eigenvalue weighted by molar-refractivity contribution is 6.30. The van der Waals surface area contributed by atoms with Crippen LogP contribution in [0.5, 0.6) is 0 Å². The second-order valence-electron chi connectivity index (χ2n) is 3.25. The summed E-state index contributed by atoms with van der Waals surface area (Å²) >= 11 is 5.76. The van der Waals surface area contributed by atoms with Crippen LogP contribution in [0.1, 0.15) is 18.5 Å². The highest BCUT2D eigenvalue weighted by Gasteiger charge is 2.08. The lowest BCUT2D eigenvalue weighted by molar-refractivity contribution is -0.682. The summed E-state index contributed by atoms with van der Waals surface area (Å²) < 4.78 is 0. The smallest absolute Gasteiger partial charge is 0.272 e. The zero-order valence-electron chi connectivity index (χ0n) is 8.03. The molecule has 0 bridgehead atoms. The lowest BCUT2D eigenvalue weighted by Crippen LogP contribution is -2.86. The van der Waals surface area contributed by atoms with E-state index in [1.54, 1.807) is 0 Å². The van der Waals surface area contributed by atoms with Crippen molar-refractivity contribution in [3.8, 4) is 0 Å². The number of primary amides is 1. The molecule has 4 heteroatoms. The van der Waals surface area contributed by atoms with Crippen LogP contribution in [0.4, 0.5) is 0 Å². The Morgan fingerprint density at radius 3 is 2.57 bits per heavy atom. The van der Waals surface area contributed by atoms with Crippen LogP contribution in [0.25, 0.3) is 0 Å². The number of carbonyl (C=O) groups is 1. The topological polar surface area (TPSA) is 59.7 Å². The summed E-state index contributed by atoms with van der Waals surface area (Å²) in [6.45, 7) is 2.33. The second-order valence-corrected chi connectivity index (χ2v) is 3.68. The molecule has 0 unspecified atom stereocenters. The van der Waals surface area contributed by atoms with Crippen molar-refractivity contribution in [1.29, 1.82) is 0 Å². The molecule has 0 saturated heterocycles. The summed E-state index contributed by atoms with van der Waals surface area (Å²) in [5, 5.41) is 2.61. The number of rotatable bonds is 4. The fourth-order valence-corrected chi connectivity index (χ4v) is 1.32. The quantitative estimate of drug-likeness (QED) is 0.750. The number of amides is 1. The third-order valence-corrected chi connectivity index (χ3v) is 2.32. The van der Waals surface area contributed by atoms with Crippen molar-refractivity contribution in [3.63, 3.8) is 0 Å². The number of carbonyl (C=O) groups excluding carboxylic acids is 1. The Morgan fingerprint density at radius 1 is 1.50 bits per heavy atom. The summed E-state index contributed by atoms with van der Waals surface area (Å²) in [4.78, 5) is 10.6. The Balaban J connectivity index is 2.56. The van der Waals surface area contributed by atoms with Gasteiger partial charge in [0.15, 0.2) is 6.54 Å². The Bertz CT molecular complexity index is 310. The summed E-state index contributed by atoms with van der Waals surface area (Å²) in [5.41, 5.74) is 6.19. The van der Waals surface area contributed by atoms with E-state index in [9.17, 15) is 4.79 Å². The molecule has 1 aromatic rings. The van der Waals surface area contributed by atoms with Crippen molar-refractivity contribution in [2.75, 3.05) is 6.54 Å². The van der Waals surface area contributed by atoms with Crippen LogP contribution in [0.3, 0.4) is 0 Å². The monoisotopic (exact) mass is 213 g/mol. The highest BCUT2D eigenvalue weighted by Crippen LogP contribution is 2.13. The molecule has 76 valence electrons. The lowest BCUT2D eigenvalue weighted by Gasteiger charge is -2.09. The van der Waals surface area contributed by atoms with E-state index < -0.39 is 0 Å². The maximum absolute atomic E-state index is 10.6. The maximum atomic E-state index is 10.6. The molecular weight excluding hydrogens is 200 g/mol. The van der Waals surface area contributed by atoms with E-state index in [-0.39, 0.29) is 11.9 Å². The van der Waals surface area contributed by atoms with E-state index >= 15 is 0 Å². The van der Waals surface area contributed by atoms with E-state index in [4.69, 9.17) is 17.3 Å². The molecule has 1 amide bonds. The molecular formula is C10H14ClN2O+. The van der Waals surface area contributed by atoms with Crippen LogP contribution in [0.2, 0.25) is 5.02 Å². The molecule has 4 N–H and O–H groups in total. The van der Waals surface area contributed by atoms with E-state index in [1.165, 1.54) is 0 Å². The third-order valence-electron chi connectivity index (χ3n) is 2.07. The molecule has 0 spiro atoms. The molecule has 3 nitrogen and oxygen atoms in total. The minimum absolute atomic E-state index is 0.222. The number of benzene rings is 1. The number of hydrogen-bond acceptors (Lipinski definition) is 1. The fourth-order valence-electron chi connectivity index (χ4n) is 1.20. The molecule has 0 aromatic heterocycles. The van der Waals surface area contributed by atoms with E-state index in [1.807, 2.05) is 36.5 Å². The molecule has 14 heavy (non-hydrogen) atoms. The van der Waals surface area contributed by atoms with Crippen molar-refractivity contribution >= 4 is 17.5 Å². The summed E-state index contributed by atoms with van der Waals surface area (Å²) in [6.07, 6.45) is 0. The van der Waals surface area contributed by atoms with Crippen molar-refractivity contribution in [2.24, 2.45) is 5.73 Å². The number of quaternary nitrogens is 1. The van der Waals surface area contributed by atoms with Crippen LogP contribution >= 0.6 is 11.6 Å². The molecule has 0 fully saturated rings. The first-order valence-electron chi connectivity index (χ1n) is 4.46. The molecule has 0 aliphatic heterocycles. The average Bonchev–Trinajstić information content (AvgIpc) is 2.15. The maximum Gasteiger partial charge on any atom is 0.272 e. The number of nitrogens with two attached hydrogens (primary N) is 2. The van der Waals surface area contributed by atoms with Gasteiger partial charge in [0.2, 0.25) is 0 Å². The highest BCUT2D eigenvalue weighted by atomic mass is 35.5. The Labute approximate surface area is 88.2 Å². The second kappa shape index (κ2) is 4.98. The van der Waals surface area contributed by atoms with Crippen LogP contribution in [-0.2, 0) is 4.79 Å². The number of halogens is 1. The minimum Gasteiger partial charge on any atom is -0.365 e. The Morgan fingerprint density at radius 2 is 2.07 bits per heavy atom. The van der Waals surface area contributed by atoms with Gasteiger partial charge in [0, 0.05) is 10.6 Å². The fraction of sp³-hybridized carbons (Fsp3) is 0.300. The van der Waals surface area contributed by atoms with Gasteiger partial charge in [-0.2, -0.15) is 0 Å². The van der Waals surface area contributed by atoms with Crippen molar-refractivity contribution < 1.29 is 10.1 Å². The normalized spacial score (nSPS) is 12.4. The van der Waals surface area contributed by atoms with E-state index in [2.05, 4.69) is 0 Å². The minimum atomic E-state index is -0.300. The van der Waals surface area contributed by atoms with Gasteiger partial charge in [-0.3, -0.25) is 4.79 Å². The van der Waals surface area contributed by atoms with E-state index in [0.717, 1.165) is 10.6 Å². The van der Waals surface area contributed by atoms with Crippen molar-refractivity contribution in [2.45, 2.75) is 13.0 Å². The van der Waals surface area contributed by atoms with Gasteiger partial charge in [-0.1, -0.05) is 23.7 Å². The largest absolute Gasteiger partial charge is 0.365 e. The average molecular weight is 214 g/mol. The van der Waals surface area contributed by atoms with Crippen LogP contribution in [-0.4, -0.2) is 12.5 Å². The molecule has 0 heterocycles. The van der Waals surface area contributed by atoms with Gasteiger partial charge in [0.25, 0.3) is 5.91 Å². The summed E-state index contributed by atoms with van der Waals surface area (Å²) in [5.74, 6) is -0.300. The van der Waals surface area contributed by atoms with Crippen molar-refractivity contribution in [1.82, 2.24) is 0 Å². The third kappa shape index (κ3) is 3.36. The SMILES string of the molecule is C[C@H]([NH2+]CC(N)=O)c1ccc(Cl)cc1. The molecule has 1 aromatic carbocycles. The van der Waals surface area contributed by atoms with Gasteiger partial charge in [-0.15, -0.1) is 0 Å². The van der Waals surface area contributed by atoms with Gasteiger partial charge in [0.1, 0.15) is 6.04 Å². The van der Waals surface area contributed by atoms with Crippen LogP contribution in [0, 0.1) is 0 Å². The molecule has 1 atom stereocenters. The first-order valence-corrected chi connectivity index (χ1v) is 4.84. The van der Waals surface area contributed by atoms with Gasteiger partial charge < -0.3 is 11.1 Å². The lowest BCUT2D eigenvalue weighted by atomic mass is 10.1. The summed E-state index contributed by atoms with van der Waals surface area (Å²) in [6, 6.07) is 7.80. The van der Waals surface area contributed by atoms with Crippen LogP contribution < -0.4 is 11.1 Å². The van der Waals surface area contributed by atoms with Crippen LogP contribution in [0.15, 0.2) is 24.3 Å². The van der Waals surface area contributed by atoms with Gasteiger partial charge in [0.05, 0.1) is 0 Å². The molecule has 0 aliphatic rings. The predicted octanol–water partition coefficient (Wildman–Crippen LogP) is 0.450.